The molecule has 0 N–H and O–H groups in total. The lowest BCUT2D eigenvalue weighted by molar-refractivity contribution is -0.142. The van der Waals surface area contributed by atoms with Crippen molar-refractivity contribution in [3.05, 3.63) is 101 Å². The number of carbonyl (C=O) groups excluding carboxylic acids is 2. The molecule has 1 aromatic heterocycles. The second kappa shape index (κ2) is 11.7. The number of esters is 1. The van der Waals surface area contributed by atoms with Crippen molar-refractivity contribution in [2.75, 3.05) is 6.61 Å². The van der Waals surface area contributed by atoms with E-state index in [0.29, 0.717) is 23.9 Å². The molecule has 1 fully saturated rings. The maximum Gasteiger partial charge on any atom is 0.411 e. The van der Waals surface area contributed by atoms with E-state index >= 15 is 0 Å². The summed E-state index contributed by atoms with van der Waals surface area (Å²) in [4.78, 5) is 26.8. The molecule has 0 bridgehead atoms. The van der Waals surface area contributed by atoms with Crippen molar-refractivity contribution >= 4 is 12.1 Å². The number of ether oxygens (including phenoxy) is 3. The van der Waals surface area contributed by atoms with Crippen molar-refractivity contribution in [2.45, 2.75) is 52.8 Å². The van der Waals surface area contributed by atoms with Crippen molar-refractivity contribution in [1.29, 1.82) is 0 Å². The number of benzene rings is 3. The maximum atomic E-state index is 13.1. The van der Waals surface area contributed by atoms with Crippen LogP contribution in [0.3, 0.4) is 0 Å². The molecule has 0 radical (unpaired) electrons. The number of hydrogen-bond donors (Lipinski definition) is 0. The predicted octanol–water partition coefficient (Wildman–Crippen LogP) is 6.94. The van der Waals surface area contributed by atoms with E-state index in [2.05, 4.69) is 5.16 Å². The van der Waals surface area contributed by atoms with Crippen molar-refractivity contribution in [1.82, 2.24) is 10.1 Å². The van der Waals surface area contributed by atoms with Crippen LogP contribution in [0.15, 0.2) is 77.3 Å². The van der Waals surface area contributed by atoms with Crippen LogP contribution in [0.25, 0.3) is 11.1 Å². The number of rotatable bonds is 9. The number of carbonyl (C=O) groups is 2. The minimum absolute atomic E-state index is 0.154. The first-order valence-electron chi connectivity index (χ1n) is 13.3. The second-order valence-electron chi connectivity index (χ2n) is 9.84. The zero-order valence-electron chi connectivity index (χ0n) is 23.0. The lowest BCUT2D eigenvalue weighted by atomic mass is 9.99. The first-order chi connectivity index (χ1) is 19.3. The first-order valence-corrected chi connectivity index (χ1v) is 13.3. The summed E-state index contributed by atoms with van der Waals surface area (Å²) in [7, 11) is 0. The molecule has 2 heterocycles. The highest BCUT2D eigenvalue weighted by Gasteiger charge is 2.40. The Labute approximate surface area is 233 Å². The Morgan fingerprint density at radius 2 is 1.82 bits per heavy atom. The van der Waals surface area contributed by atoms with Gasteiger partial charge < -0.3 is 18.7 Å². The van der Waals surface area contributed by atoms with Crippen LogP contribution in [0.5, 0.6) is 11.5 Å². The third-order valence-electron chi connectivity index (χ3n) is 7.02. The minimum atomic E-state index is -0.383. The molecule has 1 amide bonds. The molecule has 0 saturated carbocycles. The van der Waals surface area contributed by atoms with Crippen LogP contribution in [-0.4, -0.2) is 34.8 Å². The molecule has 8 nitrogen and oxygen atoms in total. The molecule has 0 spiro atoms. The molecule has 0 aliphatic carbocycles. The van der Waals surface area contributed by atoms with E-state index in [1.807, 2.05) is 93.6 Å². The number of amides is 1. The first kappa shape index (κ1) is 27.0. The highest BCUT2D eigenvalue weighted by atomic mass is 16.6. The van der Waals surface area contributed by atoms with Crippen LogP contribution in [0.4, 0.5) is 4.79 Å². The largest absolute Gasteiger partial charge is 0.466 e. The van der Waals surface area contributed by atoms with Gasteiger partial charge in [-0.2, -0.15) is 0 Å². The Hall–Kier alpha value is -4.59. The fourth-order valence-corrected chi connectivity index (χ4v) is 5.06. The predicted molar refractivity (Wildman–Crippen MR) is 149 cm³/mol. The van der Waals surface area contributed by atoms with Crippen molar-refractivity contribution < 1.29 is 28.3 Å². The summed E-state index contributed by atoms with van der Waals surface area (Å²) >= 11 is 0. The quantitative estimate of drug-likeness (QED) is 0.212. The summed E-state index contributed by atoms with van der Waals surface area (Å²) in [6.45, 7) is 8.15. The van der Waals surface area contributed by atoms with Gasteiger partial charge >= 0.3 is 12.1 Å². The number of hydrogen-bond acceptors (Lipinski definition) is 7. The van der Waals surface area contributed by atoms with Gasteiger partial charge in [-0.15, -0.1) is 0 Å². The molecule has 1 saturated heterocycles. The standard InChI is InChI=1S/C32H32N2O6/c1-5-37-29(35)17-23-10-9-13-27(16-23)38-28-15-14-25(30-20(2)33-40-22(30)4)18-26(28)19-34-21(3)31(39-32(34)36)24-11-7-6-8-12-24/h6-16,18,21,31H,5,17,19H2,1-4H3. The third-order valence-corrected chi connectivity index (χ3v) is 7.02. The van der Waals surface area contributed by atoms with Gasteiger partial charge in [-0.05, 0) is 68.7 Å². The highest BCUT2D eigenvalue weighted by molar-refractivity contribution is 5.73. The molecule has 40 heavy (non-hydrogen) atoms. The SMILES string of the molecule is CCOC(=O)Cc1cccc(Oc2ccc(-c3c(C)noc3C)cc2CN2C(=O)OC(c3ccccc3)C2C)c1. The van der Waals surface area contributed by atoms with Crippen molar-refractivity contribution in [3.8, 4) is 22.6 Å². The van der Waals surface area contributed by atoms with Crippen molar-refractivity contribution in [3.63, 3.8) is 0 Å². The van der Waals surface area contributed by atoms with Crippen LogP contribution < -0.4 is 4.74 Å². The second-order valence-corrected chi connectivity index (χ2v) is 9.84. The third kappa shape index (κ3) is 5.71. The topological polar surface area (TPSA) is 91.1 Å². The Morgan fingerprint density at radius 3 is 2.55 bits per heavy atom. The van der Waals surface area contributed by atoms with E-state index in [4.69, 9.17) is 18.7 Å². The van der Waals surface area contributed by atoms with E-state index in [-0.39, 0.29) is 37.2 Å². The van der Waals surface area contributed by atoms with E-state index < -0.39 is 0 Å². The molecule has 4 aromatic rings. The monoisotopic (exact) mass is 540 g/mol. The maximum absolute atomic E-state index is 13.1. The van der Waals surface area contributed by atoms with E-state index in [1.165, 1.54) is 0 Å². The summed E-state index contributed by atoms with van der Waals surface area (Å²) in [5.74, 6) is 1.58. The highest BCUT2D eigenvalue weighted by Crippen LogP contribution is 2.38. The normalized spacial score (nSPS) is 16.6. The fourth-order valence-electron chi connectivity index (χ4n) is 5.06. The van der Waals surface area contributed by atoms with Gasteiger partial charge in [0.15, 0.2) is 0 Å². The molecule has 2 atom stereocenters. The minimum Gasteiger partial charge on any atom is -0.466 e. The molecule has 206 valence electrons. The summed E-state index contributed by atoms with van der Waals surface area (Å²) in [6.07, 6.45) is -0.601. The molecule has 8 heteroatoms. The molecule has 2 unspecified atom stereocenters. The van der Waals surface area contributed by atoms with Crippen LogP contribution in [0, 0.1) is 13.8 Å². The molecule has 3 aromatic carbocycles. The van der Waals surface area contributed by atoms with E-state index in [0.717, 1.165) is 33.5 Å². The lowest BCUT2D eigenvalue weighted by Crippen LogP contribution is -2.31. The summed E-state index contributed by atoms with van der Waals surface area (Å²) in [5, 5.41) is 4.10. The Morgan fingerprint density at radius 1 is 1.02 bits per heavy atom. The van der Waals surface area contributed by atoms with Gasteiger partial charge in [0.25, 0.3) is 0 Å². The lowest BCUT2D eigenvalue weighted by Gasteiger charge is -2.23. The van der Waals surface area contributed by atoms with Gasteiger partial charge in [0.05, 0.1) is 31.3 Å². The number of cyclic esters (lactones) is 1. The average Bonchev–Trinajstić information content (AvgIpc) is 3.42. The molecule has 5 rings (SSSR count). The smallest absolute Gasteiger partial charge is 0.411 e. The zero-order chi connectivity index (χ0) is 28.2. The van der Waals surface area contributed by atoms with Gasteiger partial charge in [-0.25, -0.2) is 4.79 Å². The van der Waals surface area contributed by atoms with Gasteiger partial charge in [0.2, 0.25) is 0 Å². The van der Waals surface area contributed by atoms with Crippen LogP contribution in [0.1, 0.15) is 48.1 Å². The van der Waals surface area contributed by atoms with E-state index in [1.54, 1.807) is 11.8 Å². The van der Waals surface area contributed by atoms with Crippen LogP contribution in [-0.2, 0) is 27.2 Å². The van der Waals surface area contributed by atoms with Gasteiger partial charge in [-0.3, -0.25) is 9.69 Å². The Bertz CT molecular complexity index is 1490. The number of aromatic nitrogens is 1. The summed E-state index contributed by atoms with van der Waals surface area (Å²) < 4.78 is 22.6. The van der Waals surface area contributed by atoms with Crippen LogP contribution >= 0.6 is 0 Å². The number of aryl methyl sites for hydroxylation is 2. The molecule has 1 aliphatic rings. The average molecular weight is 541 g/mol. The summed E-state index contributed by atoms with van der Waals surface area (Å²) in [6, 6.07) is 22.7. The van der Waals surface area contributed by atoms with Gasteiger partial charge in [0.1, 0.15) is 23.4 Å². The molecule has 1 aliphatic heterocycles. The fraction of sp³-hybridized carbons (Fsp3) is 0.281. The van der Waals surface area contributed by atoms with Gasteiger partial charge in [0, 0.05) is 11.1 Å². The Balaban J connectivity index is 1.47. The van der Waals surface area contributed by atoms with Crippen LogP contribution in [0.2, 0.25) is 0 Å². The van der Waals surface area contributed by atoms with Gasteiger partial charge in [-0.1, -0.05) is 53.7 Å². The Kier molecular flexibility index (Phi) is 7.86. The van der Waals surface area contributed by atoms with E-state index in [9.17, 15) is 9.59 Å². The van der Waals surface area contributed by atoms with Crippen molar-refractivity contribution in [2.24, 2.45) is 0 Å². The number of nitrogens with zero attached hydrogens (tertiary/aromatic N) is 2. The zero-order valence-corrected chi connectivity index (χ0v) is 23.0. The molecular formula is C32H32N2O6. The summed E-state index contributed by atoms with van der Waals surface area (Å²) in [5.41, 5.74) is 5.13. The molecular weight excluding hydrogens is 508 g/mol.